The van der Waals surface area contributed by atoms with Gasteiger partial charge in [0, 0.05) is 36.3 Å². The van der Waals surface area contributed by atoms with Crippen molar-refractivity contribution in [2.24, 2.45) is 5.41 Å². The summed E-state index contributed by atoms with van der Waals surface area (Å²) >= 11 is 3.47. The van der Waals surface area contributed by atoms with Crippen LogP contribution in [-0.2, 0) is 9.59 Å². The maximum Gasteiger partial charge on any atom is 0.240 e. The molecule has 130 valence electrons. The molecule has 24 heavy (non-hydrogen) atoms. The van der Waals surface area contributed by atoms with Gasteiger partial charge in [0.2, 0.25) is 11.8 Å². The van der Waals surface area contributed by atoms with Gasteiger partial charge in [0.1, 0.15) is 5.41 Å². The molecule has 1 saturated heterocycles. The van der Waals surface area contributed by atoms with Crippen molar-refractivity contribution >= 4 is 33.4 Å². The van der Waals surface area contributed by atoms with Crippen molar-refractivity contribution in [3.63, 3.8) is 0 Å². The maximum atomic E-state index is 12.9. The molecule has 1 aromatic carbocycles. The van der Waals surface area contributed by atoms with E-state index in [-0.39, 0.29) is 11.8 Å². The summed E-state index contributed by atoms with van der Waals surface area (Å²) < 4.78 is 0.951. The standard InChI is InChI=1S/C18H24BrN3O2/c1-3-21-8-10-22(11-9-21)17(24)18(6-7-18)16(23)20-14-5-4-13(2)15(19)12-14/h4-5,12H,3,6-11H2,1-2H3,(H,20,23). The number of benzene rings is 1. The first-order valence-electron chi connectivity index (χ1n) is 8.55. The summed E-state index contributed by atoms with van der Waals surface area (Å²) in [5, 5.41) is 2.93. The van der Waals surface area contributed by atoms with E-state index in [0.29, 0.717) is 12.8 Å². The summed E-state index contributed by atoms with van der Waals surface area (Å²) in [7, 11) is 0. The zero-order valence-corrected chi connectivity index (χ0v) is 15.9. The van der Waals surface area contributed by atoms with Crippen molar-refractivity contribution < 1.29 is 9.59 Å². The molecular weight excluding hydrogens is 370 g/mol. The lowest BCUT2D eigenvalue weighted by atomic mass is 10.0. The summed E-state index contributed by atoms with van der Waals surface area (Å²) in [6.45, 7) is 8.37. The molecule has 1 aliphatic carbocycles. The van der Waals surface area contributed by atoms with E-state index in [1.54, 1.807) is 0 Å². The lowest BCUT2D eigenvalue weighted by Crippen LogP contribution is -2.52. The quantitative estimate of drug-likeness (QED) is 0.799. The van der Waals surface area contributed by atoms with Crippen LogP contribution in [0.4, 0.5) is 5.69 Å². The molecule has 0 bridgehead atoms. The molecule has 2 fully saturated rings. The number of piperazine rings is 1. The molecule has 1 heterocycles. The minimum atomic E-state index is -0.842. The summed E-state index contributed by atoms with van der Waals surface area (Å²) in [4.78, 5) is 29.8. The summed E-state index contributed by atoms with van der Waals surface area (Å²) in [6, 6.07) is 5.71. The number of hydrogen-bond donors (Lipinski definition) is 1. The molecule has 6 heteroatoms. The molecule has 1 aromatic rings. The molecule has 0 spiro atoms. The zero-order chi connectivity index (χ0) is 17.3. The van der Waals surface area contributed by atoms with Gasteiger partial charge in [0.25, 0.3) is 0 Å². The molecule has 2 amide bonds. The van der Waals surface area contributed by atoms with Gasteiger partial charge < -0.3 is 15.1 Å². The highest BCUT2D eigenvalue weighted by Crippen LogP contribution is 2.48. The van der Waals surface area contributed by atoms with Gasteiger partial charge >= 0.3 is 0 Å². The number of likely N-dealkylation sites (N-methyl/N-ethyl adjacent to an activating group) is 1. The van der Waals surface area contributed by atoms with Gasteiger partial charge in [0.15, 0.2) is 0 Å². The van der Waals surface area contributed by atoms with Crippen molar-refractivity contribution in [1.29, 1.82) is 0 Å². The Hall–Kier alpha value is -1.40. The first-order chi connectivity index (χ1) is 11.5. The van der Waals surface area contributed by atoms with Crippen LogP contribution >= 0.6 is 15.9 Å². The number of carbonyl (C=O) groups excluding carboxylic acids is 2. The fourth-order valence-electron chi connectivity index (χ4n) is 3.15. The van der Waals surface area contributed by atoms with Crippen molar-refractivity contribution in [1.82, 2.24) is 9.80 Å². The van der Waals surface area contributed by atoms with Gasteiger partial charge in [-0.1, -0.05) is 28.9 Å². The van der Waals surface area contributed by atoms with Gasteiger partial charge in [-0.15, -0.1) is 0 Å². The monoisotopic (exact) mass is 393 g/mol. The van der Waals surface area contributed by atoms with E-state index in [1.165, 1.54) is 0 Å². The van der Waals surface area contributed by atoms with E-state index in [4.69, 9.17) is 0 Å². The highest BCUT2D eigenvalue weighted by atomic mass is 79.9. The Kier molecular flexibility index (Phi) is 4.97. The van der Waals surface area contributed by atoms with Crippen LogP contribution in [0.2, 0.25) is 0 Å². The van der Waals surface area contributed by atoms with Crippen LogP contribution in [0, 0.1) is 12.3 Å². The second kappa shape index (κ2) is 6.84. The number of hydrogen-bond acceptors (Lipinski definition) is 3. The van der Waals surface area contributed by atoms with Crippen LogP contribution in [0.15, 0.2) is 22.7 Å². The minimum Gasteiger partial charge on any atom is -0.339 e. The smallest absolute Gasteiger partial charge is 0.240 e. The van der Waals surface area contributed by atoms with Crippen LogP contribution in [-0.4, -0.2) is 54.3 Å². The molecule has 5 nitrogen and oxygen atoms in total. The lowest BCUT2D eigenvalue weighted by molar-refractivity contribution is -0.143. The minimum absolute atomic E-state index is 0.00179. The SMILES string of the molecule is CCN1CCN(C(=O)C2(C(=O)Nc3ccc(C)c(Br)c3)CC2)CC1. The van der Waals surface area contributed by atoms with Crippen LogP contribution in [0.25, 0.3) is 0 Å². The highest BCUT2D eigenvalue weighted by molar-refractivity contribution is 9.10. The number of aryl methyl sites for hydroxylation is 1. The summed E-state index contributed by atoms with van der Waals surface area (Å²) in [6.07, 6.45) is 1.30. The Bertz CT molecular complexity index is 650. The predicted octanol–water partition coefficient (Wildman–Crippen LogP) is 2.64. The Morgan fingerprint density at radius 1 is 1.21 bits per heavy atom. The van der Waals surface area contributed by atoms with Gasteiger partial charge in [-0.25, -0.2) is 0 Å². The van der Waals surface area contributed by atoms with E-state index in [9.17, 15) is 9.59 Å². The van der Waals surface area contributed by atoms with Gasteiger partial charge in [0.05, 0.1) is 0 Å². The number of nitrogens with zero attached hydrogens (tertiary/aromatic N) is 2. The van der Waals surface area contributed by atoms with E-state index in [2.05, 4.69) is 33.1 Å². The zero-order valence-electron chi connectivity index (χ0n) is 14.3. The van der Waals surface area contributed by atoms with Crippen molar-refractivity contribution in [2.45, 2.75) is 26.7 Å². The van der Waals surface area contributed by atoms with Crippen molar-refractivity contribution in [3.05, 3.63) is 28.2 Å². The number of carbonyl (C=O) groups is 2. The third-order valence-corrected chi connectivity index (χ3v) is 5.98. The Balaban J connectivity index is 1.65. The summed E-state index contributed by atoms with van der Waals surface area (Å²) in [5.41, 5.74) is 0.998. The molecule has 0 unspecified atom stereocenters. The van der Waals surface area contributed by atoms with Crippen LogP contribution in [0.3, 0.4) is 0 Å². The third-order valence-electron chi connectivity index (χ3n) is 5.13. The second-order valence-electron chi connectivity index (χ2n) is 6.73. The number of rotatable bonds is 4. The molecule has 3 rings (SSSR count). The Morgan fingerprint density at radius 3 is 2.42 bits per heavy atom. The molecular formula is C18H24BrN3O2. The first-order valence-corrected chi connectivity index (χ1v) is 9.35. The summed E-state index contributed by atoms with van der Waals surface area (Å²) in [5.74, 6) is -0.164. The van der Waals surface area contributed by atoms with Crippen LogP contribution in [0.1, 0.15) is 25.3 Å². The molecule has 1 saturated carbocycles. The lowest BCUT2D eigenvalue weighted by Gasteiger charge is -2.35. The molecule has 0 aromatic heterocycles. The maximum absolute atomic E-state index is 12.9. The topological polar surface area (TPSA) is 52.7 Å². The Morgan fingerprint density at radius 2 is 1.88 bits per heavy atom. The average Bonchev–Trinajstić information content (AvgIpc) is 3.39. The Labute approximate surface area is 151 Å². The van der Waals surface area contributed by atoms with Crippen LogP contribution < -0.4 is 5.32 Å². The van der Waals surface area contributed by atoms with Crippen molar-refractivity contribution in [3.8, 4) is 0 Å². The largest absolute Gasteiger partial charge is 0.339 e. The van der Waals surface area contributed by atoms with E-state index < -0.39 is 5.41 Å². The van der Waals surface area contributed by atoms with Crippen molar-refractivity contribution in [2.75, 3.05) is 38.0 Å². The number of nitrogens with one attached hydrogen (secondary N) is 1. The average molecular weight is 394 g/mol. The molecule has 1 N–H and O–H groups in total. The molecule has 2 aliphatic rings. The molecule has 0 atom stereocenters. The van der Waals surface area contributed by atoms with E-state index in [0.717, 1.165) is 48.4 Å². The molecule has 1 aliphatic heterocycles. The number of halogens is 1. The fraction of sp³-hybridized carbons (Fsp3) is 0.556. The third kappa shape index (κ3) is 3.35. The van der Waals surface area contributed by atoms with Gasteiger partial charge in [-0.3, -0.25) is 9.59 Å². The predicted molar refractivity (Wildman–Crippen MR) is 97.9 cm³/mol. The highest BCUT2D eigenvalue weighted by Gasteiger charge is 2.58. The van der Waals surface area contributed by atoms with Gasteiger partial charge in [-0.05, 0) is 44.0 Å². The normalized spacial score (nSPS) is 19.9. The van der Waals surface area contributed by atoms with Gasteiger partial charge in [-0.2, -0.15) is 0 Å². The van der Waals surface area contributed by atoms with Crippen LogP contribution in [0.5, 0.6) is 0 Å². The second-order valence-corrected chi connectivity index (χ2v) is 7.58. The van der Waals surface area contributed by atoms with E-state index in [1.807, 2.05) is 30.0 Å². The fourth-order valence-corrected chi connectivity index (χ4v) is 3.53. The number of anilines is 1. The number of amides is 2. The molecule has 0 radical (unpaired) electrons. The first kappa shape index (κ1) is 17.4. The van der Waals surface area contributed by atoms with E-state index >= 15 is 0 Å².